The Hall–Kier alpha value is -3.34. The maximum Gasteiger partial charge on any atom is 0.280 e. The quantitative estimate of drug-likeness (QED) is 0.772. The lowest BCUT2D eigenvalue weighted by atomic mass is 10.00. The second-order valence-electron chi connectivity index (χ2n) is 6.17. The molecule has 0 atom stereocenters. The van der Waals surface area contributed by atoms with Crippen molar-refractivity contribution >= 4 is 17.3 Å². The predicted octanol–water partition coefficient (Wildman–Crippen LogP) is 3.44. The number of nitrogens with zero attached hydrogens (tertiary/aromatic N) is 2. The molecule has 2 aromatic carbocycles. The molecule has 0 unspecified atom stereocenters. The Bertz CT molecular complexity index is 984. The molecule has 1 aliphatic heterocycles. The summed E-state index contributed by atoms with van der Waals surface area (Å²) in [6.45, 7) is 0. The van der Waals surface area contributed by atoms with Crippen LogP contribution in [0.15, 0.2) is 59.6 Å². The van der Waals surface area contributed by atoms with Gasteiger partial charge < -0.3 is 15.0 Å². The van der Waals surface area contributed by atoms with E-state index in [-0.39, 0.29) is 11.8 Å². The molecule has 1 aliphatic rings. The van der Waals surface area contributed by atoms with E-state index in [9.17, 15) is 9.90 Å². The highest BCUT2D eigenvalue weighted by molar-refractivity contribution is 6.30. The summed E-state index contributed by atoms with van der Waals surface area (Å²) in [5, 5.41) is 10.4. The molecule has 0 spiro atoms. The second kappa shape index (κ2) is 5.63. The average Bonchev–Trinajstić information content (AvgIpc) is 3.15. The number of aromatic hydroxyl groups is 1. The number of hydrogen-bond acceptors (Lipinski definition) is 3. The van der Waals surface area contributed by atoms with Crippen LogP contribution in [0.3, 0.4) is 0 Å². The summed E-state index contributed by atoms with van der Waals surface area (Å²) in [6.07, 6.45) is 0. The van der Waals surface area contributed by atoms with Crippen molar-refractivity contribution in [3.8, 4) is 17.1 Å². The number of H-pyrrole nitrogens is 1. The first-order valence-corrected chi connectivity index (χ1v) is 7.98. The molecule has 2 N–H and O–H groups in total. The molecule has 1 amide bonds. The first kappa shape index (κ1) is 15.2. The van der Waals surface area contributed by atoms with Crippen LogP contribution in [0.25, 0.3) is 11.3 Å². The van der Waals surface area contributed by atoms with Gasteiger partial charge in [-0.15, -0.1) is 0 Å². The zero-order valence-corrected chi connectivity index (χ0v) is 13.9. The molecular weight excluding hydrogens is 314 g/mol. The first-order chi connectivity index (χ1) is 12.1. The van der Waals surface area contributed by atoms with E-state index in [1.165, 1.54) is 0 Å². The summed E-state index contributed by atoms with van der Waals surface area (Å²) >= 11 is 0. The molecule has 3 aromatic rings. The Balaban J connectivity index is 1.82. The summed E-state index contributed by atoms with van der Waals surface area (Å²) in [5.41, 5.74) is 4.69. The van der Waals surface area contributed by atoms with Gasteiger partial charge in [0.2, 0.25) is 0 Å². The highest BCUT2D eigenvalue weighted by atomic mass is 16.3. The number of anilines is 1. The lowest BCUT2D eigenvalue weighted by Crippen LogP contribution is -2.09. The van der Waals surface area contributed by atoms with Crippen LogP contribution in [0, 0.1) is 0 Å². The molecule has 0 bridgehead atoms. The summed E-state index contributed by atoms with van der Waals surface area (Å²) in [6, 6.07) is 17.2. The maximum atomic E-state index is 12.5. The number of rotatable bonds is 3. The lowest BCUT2D eigenvalue weighted by molar-refractivity contribution is 0.101. The van der Waals surface area contributed by atoms with Gasteiger partial charge in [-0.2, -0.15) is 0 Å². The van der Waals surface area contributed by atoms with Gasteiger partial charge in [-0.3, -0.25) is 4.79 Å². The third-order valence-electron chi connectivity index (χ3n) is 4.36. The Morgan fingerprint density at radius 2 is 1.60 bits per heavy atom. The number of benzene rings is 2. The Morgan fingerprint density at radius 1 is 0.920 bits per heavy atom. The first-order valence-electron chi connectivity index (χ1n) is 7.98. The van der Waals surface area contributed by atoms with E-state index in [0.29, 0.717) is 22.5 Å². The third kappa shape index (κ3) is 2.41. The lowest BCUT2D eigenvalue weighted by Gasteiger charge is -2.12. The van der Waals surface area contributed by atoms with Crippen molar-refractivity contribution in [3.63, 3.8) is 0 Å². The molecule has 2 heterocycles. The van der Waals surface area contributed by atoms with Crippen LogP contribution in [0.4, 0.5) is 5.69 Å². The molecule has 5 heteroatoms. The van der Waals surface area contributed by atoms with Crippen molar-refractivity contribution in [2.45, 2.75) is 0 Å². The Morgan fingerprint density at radius 3 is 2.24 bits per heavy atom. The van der Waals surface area contributed by atoms with E-state index < -0.39 is 0 Å². The molecule has 25 heavy (non-hydrogen) atoms. The Labute approximate surface area is 145 Å². The molecule has 0 aliphatic carbocycles. The van der Waals surface area contributed by atoms with Gasteiger partial charge in [0.1, 0.15) is 0 Å². The van der Waals surface area contributed by atoms with Crippen LogP contribution in [0.5, 0.6) is 5.88 Å². The average molecular weight is 331 g/mol. The van der Waals surface area contributed by atoms with Crippen molar-refractivity contribution in [3.05, 3.63) is 71.3 Å². The second-order valence-corrected chi connectivity index (χ2v) is 6.17. The summed E-state index contributed by atoms with van der Waals surface area (Å²) < 4.78 is 0. The van der Waals surface area contributed by atoms with E-state index in [1.807, 2.05) is 73.6 Å². The Kier molecular flexibility index (Phi) is 3.42. The number of carbonyl (C=O) groups excluding carboxylic acids is 1. The van der Waals surface area contributed by atoms with E-state index >= 15 is 0 Å². The highest BCUT2D eigenvalue weighted by Gasteiger charge is 2.33. The molecule has 5 nitrogen and oxygen atoms in total. The number of aliphatic imine (C=N–C) groups is 1. The molecule has 0 radical (unpaired) electrons. The van der Waals surface area contributed by atoms with Gasteiger partial charge in [-0.25, -0.2) is 4.99 Å². The fourth-order valence-electron chi connectivity index (χ4n) is 3.09. The van der Waals surface area contributed by atoms with Crippen molar-refractivity contribution in [1.82, 2.24) is 4.98 Å². The molecule has 1 aromatic heterocycles. The topological polar surface area (TPSA) is 68.7 Å². The van der Waals surface area contributed by atoms with Gasteiger partial charge in [0.25, 0.3) is 5.91 Å². The van der Waals surface area contributed by atoms with Gasteiger partial charge >= 0.3 is 0 Å². The fourth-order valence-corrected chi connectivity index (χ4v) is 3.09. The molecule has 0 fully saturated rings. The fraction of sp³-hybridized carbons (Fsp3) is 0.100. The minimum absolute atomic E-state index is 0.0323. The van der Waals surface area contributed by atoms with Crippen molar-refractivity contribution in [2.75, 3.05) is 19.0 Å². The monoisotopic (exact) mass is 331 g/mol. The molecule has 4 rings (SSSR count). The minimum Gasteiger partial charge on any atom is -0.494 e. The summed E-state index contributed by atoms with van der Waals surface area (Å²) in [7, 11) is 3.93. The number of fused-ring (bicyclic) bond motifs is 1. The van der Waals surface area contributed by atoms with Crippen LogP contribution < -0.4 is 4.90 Å². The largest absolute Gasteiger partial charge is 0.494 e. The number of carbonyl (C=O) groups is 1. The third-order valence-corrected chi connectivity index (χ3v) is 4.36. The number of aromatic amines is 1. The van der Waals surface area contributed by atoms with Gasteiger partial charge in [-0.05, 0) is 17.7 Å². The van der Waals surface area contributed by atoms with Crippen LogP contribution in [0.1, 0.15) is 21.5 Å². The van der Waals surface area contributed by atoms with Gasteiger partial charge in [-0.1, -0.05) is 42.5 Å². The van der Waals surface area contributed by atoms with E-state index in [0.717, 1.165) is 16.8 Å². The van der Waals surface area contributed by atoms with Crippen molar-refractivity contribution in [2.24, 2.45) is 4.99 Å². The van der Waals surface area contributed by atoms with E-state index in [4.69, 9.17) is 0 Å². The van der Waals surface area contributed by atoms with Gasteiger partial charge in [0, 0.05) is 25.3 Å². The number of amides is 1. The smallest absolute Gasteiger partial charge is 0.280 e. The number of hydrogen-bond donors (Lipinski definition) is 2. The van der Waals surface area contributed by atoms with Gasteiger partial charge in [0.05, 0.1) is 22.5 Å². The maximum absolute atomic E-state index is 12.5. The van der Waals surface area contributed by atoms with E-state index in [2.05, 4.69) is 9.98 Å². The minimum atomic E-state index is -0.336. The normalized spacial score (nSPS) is 12.9. The SMILES string of the molecule is CN(C)c1ccc(C2=NC(=O)c3c(-c4ccccc4)[nH]c(O)c32)cc1. The van der Waals surface area contributed by atoms with Crippen molar-refractivity contribution in [1.29, 1.82) is 0 Å². The highest BCUT2D eigenvalue weighted by Crippen LogP contribution is 2.37. The van der Waals surface area contributed by atoms with Crippen molar-refractivity contribution < 1.29 is 9.90 Å². The van der Waals surface area contributed by atoms with E-state index in [1.54, 1.807) is 0 Å². The summed E-state index contributed by atoms with van der Waals surface area (Å²) in [4.78, 5) is 21.6. The molecular formula is C20H17N3O2. The zero-order chi connectivity index (χ0) is 17.6. The van der Waals surface area contributed by atoms with Crippen LogP contribution in [-0.4, -0.2) is 35.8 Å². The molecule has 0 saturated carbocycles. The molecule has 0 saturated heterocycles. The number of aromatic nitrogens is 1. The van der Waals surface area contributed by atoms with Crippen LogP contribution >= 0.6 is 0 Å². The number of nitrogens with one attached hydrogen (secondary N) is 1. The molecule has 124 valence electrons. The van der Waals surface area contributed by atoms with Crippen LogP contribution in [-0.2, 0) is 0 Å². The predicted molar refractivity (Wildman–Crippen MR) is 98.6 cm³/mol. The van der Waals surface area contributed by atoms with Crippen LogP contribution in [0.2, 0.25) is 0 Å². The standard InChI is InChI=1S/C20H17N3O2/c1-23(2)14-10-8-13(9-11-14)18-16-15(19(24)22-18)17(21-20(16)25)12-6-4-3-5-7-12/h3-11,21,25H,1-2H3. The zero-order valence-electron chi connectivity index (χ0n) is 13.9. The van der Waals surface area contributed by atoms with Gasteiger partial charge in [0.15, 0.2) is 5.88 Å². The summed E-state index contributed by atoms with van der Waals surface area (Å²) in [5.74, 6) is -0.368.